The monoisotopic (exact) mass is 431 g/mol. The minimum absolute atomic E-state index is 0.0620. The van der Waals surface area contributed by atoms with Gasteiger partial charge in [-0.1, -0.05) is 6.07 Å². The van der Waals surface area contributed by atoms with Gasteiger partial charge in [0, 0.05) is 11.6 Å². The van der Waals surface area contributed by atoms with E-state index in [1.807, 2.05) is 0 Å². The van der Waals surface area contributed by atoms with Gasteiger partial charge in [0.05, 0.1) is 28.4 Å². The van der Waals surface area contributed by atoms with Crippen LogP contribution < -0.4 is 5.32 Å². The molecule has 0 aliphatic heterocycles. The van der Waals surface area contributed by atoms with Gasteiger partial charge in [0.2, 0.25) is 5.95 Å². The molecule has 1 aliphatic carbocycles. The zero-order valence-electron chi connectivity index (χ0n) is 15.4. The van der Waals surface area contributed by atoms with Gasteiger partial charge < -0.3 is 10.4 Å². The lowest BCUT2D eigenvalue weighted by Gasteiger charge is -2.41. The first-order valence-electron chi connectivity index (χ1n) is 8.83. The Hall–Kier alpha value is -2.89. The smallest absolute Gasteiger partial charge is 0.390 e. The van der Waals surface area contributed by atoms with Gasteiger partial charge in [-0.2, -0.15) is 36.0 Å². The van der Waals surface area contributed by atoms with Crippen molar-refractivity contribution in [2.24, 2.45) is 0 Å². The van der Waals surface area contributed by atoms with Crippen molar-refractivity contribution >= 4 is 11.5 Å². The zero-order chi connectivity index (χ0) is 21.9. The second-order valence-electron chi connectivity index (χ2n) is 7.50. The highest BCUT2D eigenvalue weighted by Crippen LogP contribution is 2.41. The van der Waals surface area contributed by atoms with Crippen molar-refractivity contribution in [1.29, 1.82) is 0 Å². The fraction of sp³-hybridized carbons (Fsp3) is 0.389. The predicted molar refractivity (Wildman–Crippen MR) is 93.5 cm³/mol. The Morgan fingerprint density at radius 2 is 1.77 bits per heavy atom. The molecular weight excluding hydrogens is 416 g/mol. The largest absolute Gasteiger partial charge is 0.417 e. The lowest BCUT2D eigenvalue weighted by Crippen LogP contribution is -2.48. The molecule has 1 fully saturated rings. The van der Waals surface area contributed by atoms with Crippen molar-refractivity contribution < 1.29 is 31.4 Å². The van der Waals surface area contributed by atoms with E-state index in [2.05, 4.69) is 20.6 Å². The summed E-state index contributed by atoms with van der Waals surface area (Å²) in [6.45, 7) is 1.67. The molecule has 0 atom stereocenters. The lowest BCUT2D eigenvalue weighted by molar-refractivity contribution is -0.142. The summed E-state index contributed by atoms with van der Waals surface area (Å²) in [5.74, 6) is 0.153. The summed E-state index contributed by atoms with van der Waals surface area (Å²) in [4.78, 5) is 0. The number of anilines is 1. The number of hydrogen-bond donors (Lipinski definition) is 2. The van der Waals surface area contributed by atoms with E-state index >= 15 is 0 Å². The number of fused-ring (bicyclic) bond motifs is 1. The number of nitrogens with zero attached hydrogens (tertiary/aromatic N) is 4. The Bertz CT molecular complexity index is 1100. The SMILES string of the molecule is CC1(O)CC(Nc2nnc(-c3ccc(C(F)(F)F)cc3C(F)(F)F)c3ccnn23)C1. The van der Waals surface area contributed by atoms with Gasteiger partial charge in [0.15, 0.2) is 0 Å². The number of aromatic nitrogens is 4. The Labute approximate surface area is 165 Å². The number of alkyl halides is 6. The fourth-order valence-corrected chi connectivity index (χ4v) is 3.57. The second-order valence-corrected chi connectivity index (χ2v) is 7.50. The van der Waals surface area contributed by atoms with Gasteiger partial charge in [-0.15, -0.1) is 10.2 Å². The van der Waals surface area contributed by atoms with Crippen molar-refractivity contribution in [2.75, 3.05) is 5.32 Å². The maximum absolute atomic E-state index is 13.5. The van der Waals surface area contributed by atoms with Gasteiger partial charge in [0.25, 0.3) is 0 Å². The molecule has 0 spiro atoms. The van der Waals surface area contributed by atoms with Crippen LogP contribution in [0.4, 0.5) is 32.3 Å². The van der Waals surface area contributed by atoms with E-state index in [-0.39, 0.29) is 29.3 Å². The van der Waals surface area contributed by atoms with Crippen molar-refractivity contribution in [3.05, 3.63) is 41.6 Å². The van der Waals surface area contributed by atoms with Crippen molar-refractivity contribution in [3.63, 3.8) is 0 Å². The average molecular weight is 431 g/mol. The Balaban J connectivity index is 1.79. The second kappa shape index (κ2) is 6.56. The normalized spacial score (nSPS) is 22.2. The molecule has 2 aromatic heterocycles. The summed E-state index contributed by atoms with van der Waals surface area (Å²) in [6.07, 6.45) is -7.76. The first-order valence-corrected chi connectivity index (χ1v) is 8.83. The molecule has 1 saturated carbocycles. The molecule has 2 N–H and O–H groups in total. The highest BCUT2D eigenvalue weighted by Gasteiger charge is 2.40. The number of rotatable bonds is 3. The van der Waals surface area contributed by atoms with Crippen molar-refractivity contribution in [1.82, 2.24) is 19.8 Å². The molecule has 6 nitrogen and oxygen atoms in total. The average Bonchev–Trinajstić information content (AvgIpc) is 3.08. The Kier molecular flexibility index (Phi) is 4.46. The standard InChI is InChI=1S/C18H15F6N5O/c1-16(30)7-10(8-16)26-15-28-27-14(13-4-5-25-29(13)15)11-3-2-9(17(19,20)21)6-12(11)18(22,23)24/h2-6,10,30H,7-8H2,1H3,(H,26,28). The third-order valence-electron chi connectivity index (χ3n) is 4.94. The van der Waals surface area contributed by atoms with Crippen LogP contribution in [0.15, 0.2) is 30.5 Å². The molecule has 2 heterocycles. The predicted octanol–water partition coefficient (Wildman–Crippen LogP) is 4.15. The van der Waals surface area contributed by atoms with Crippen LogP contribution in [-0.2, 0) is 12.4 Å². The molecule has 0 unspecified atom stereocenters. The van der Waals surface area contributed by atoms with Gasteiger partial charge in [-0.05, 0) is 38.0 Å². The lowest BCUT2D eigenvalue weighted by atomic mass is 9.77. The van der Waals surface area contributed by atoms with E-state index < -0.39 is 34.6 Å². The number of halogens is 6. The van der Waals surface area contributed by atoms with E-state index in [1.165, 1.54) is 16.8 Å². The maximum atomic E-state index is 13.5. The summed E-state index contributed by atoms with van der Waals surface area (Å²) < 4.78 is 80.6. The van der Waals surface area contributed by atoms with Gasteiger partial charge in [-0.3, -0.25) is 0 Å². The molecule has 0 amide bonds. The molecule has 1 aromatic carbocycles. The van der Waals surface area contributed by atoms with Gasteiger partial charge in [0.1, 0.15) is 5.69 Å². The third kappa shape index (κ3) is 3.66. The van der Waals surface area contributed by atoms with Crippen molar-refractivity contribution in [2.45, 2.75) is 43.8 Å². The van der Waals surface area contributed by atoms with Crippen LogP contribution in [0.25, 0.3) is 16.8 Å². The van der Waals surface area contributed by atoms with E-state index in [0.29, 0.717) is 18.9 Å². The number of hydrogen-bond acceptors (Lipinski definition) is 5. The molecule has 3 aromatic rings. The van der Waals surface area contributed by atoms with Crippen LogP contribution in [0.1, 0.15) is 30.9 Å². The van der Waals surface area contributed by atoms with E-state index in [4.69, 9.17) is 0 Å². The van der Waals surface area contributed by atoms with Crippen LogP contribution in [0.3, 0.4) is 0 Å². The molecular formula is C18H15F6N5O. The zero-order valence-corrected chi connectivity index (χ0v) is 15.4. The Morgan fingerprint density at radius 3 is 2.37 bits per heavy atom. The van der Waals surface area contributed by atoms with E-state index in [0.717, 1.165) is 6.07 Å². The highest BCUT2D eigenvalue weighted by atomic mass is 19.4. The van der Waals surface area contributed by atoms with Crippen molar-refractivity contribution in [3.8, 4) is 11.3 Å². The minimum Gasteiger partial charge on any atom is -0.390 e. The number of nitrogens with one attached hydrogen (secondary N) is 1. The van der Waals surface area contributed by atoms with Crippen LogP contribution >= 0.6 is 0 Å². The van der Waals surface area contributed by atoms with Gasteiger partial charge >= 0.3 is 12.4 Å². The van der Waals surface area contributed by atoms with Gasteiger partial charge in [-0.25, -0.2) is 0 Å². The first-order chi connectivity index (χ1) is 13.9. The molecule has 12 heteroatoms. The molecule has 4 rings (SSSR count). The topological polar surface area (TPSA) is 75.3 Å². The summed E-state index contributed by atoms with van der Waals surface area (Å²) in [7, 11) is 0. The Morgan fingerprint density at radius 1 is 1.07 bits per heavy atom. The first kappa shape index (κ1) is 20.4. The van der Waals surface area contributed by atoms with Crippen LogP contribution in [-0.4, -0.2) is 36.6 Å². The molecule has 0 radical (unpaired) electrons. The third-order valence-corrected chi connectivity index (χ3v) is 4.94. The molecule has 160 valence electrons. The molecule has 1 aliphatic rings. The quantitative estimate of drug-likeness (QED) is 0.610. The summed E-state index contributed by atoms with van der Waals surface area (Å²) >= 11 is 0. The fourth-order valence-electron chi connectivity index (χ4n) is 3.57. The summed E-state index contributed by atoms with van der Waals surface area (Å²) in [5.41, 5.74) is -4.33. The summed E-state index contributed by atoms with van der Waals surface area (Å²) in [6, 6.07) is 2.64. The highest BCUT2D eigenvalue weighted by molar-refractivity contribution is 5.79. The van der Waals surface area contributed by atoms with Crippen LogP contribution in [0, 0.1) is 0 Å². The van der Waals surface area contributed by atoms with E-state index in [1.54, 1.807) is 6.92 Å². The number of benzene rings is 1. The van der Waals surface area contributed by atoms with Crippen LogP contribution in [0.5, 0.6) is 0 Å². The van der Waals surface area contributed by atoms with E-state index in [9.17, 15) is 31.4 Å². The maximum Gasteiger partial charge on any atom is 0.417 e. The minimum atomic E-state index is -5.04. The number of aliphatic hydroxyl groups is 1. The van der Waals surface area contributed by atoms with Crippen LogP contribution in [0.2, 0.25) is 0 Å². The molecule has 0 saturated heterocycles. The molecule has 0 bridgehead atoms. The molecule has 30 heavy (non-hydrogen) atoms. The summed E-state index contributed by atoms with van der Waals surface area (Å²) in [5, 5.41) is 24.6.